The van der Waals surface area contributed by atoms with Gasteiger partial charge in [0.25, 0.3) is 0 Å². The summed E-state index contributed by atoms with van der Waals surface area (Å²) >= 11 is 0. The van der Waals surface area contributed by atoms with Gasteiger partial charge in [-0.15, -0.1) is 0 Å². The highest BCUT2D eigenvalue weighted by Gasteiger charge is 2.02. The van der Waals surface area contributed by atoms with Crippen LogP contribution in [-0.4, -0.2) is 24.4 Å². The van der Waals surface area contributed by atoms with Crippen molar-refractivity contribution >= 4 is 10.0 Å². The van der Waals surface area contributed by atoms with Crippen LogP contribution in [0.4, 0.5) is 0 Å². The molecule has 66 valence electrons. The van der Waals surface area contributed by atoms with Gasteiger partial charge >= 0.3 is 0 Å². The first kappa shape index (κ1) is 9.08. The monoisotopic (exact) mass is 187 g/mol. The minimum atomic E-state index is -3.37. The Morgan fingerprint density at radius 1 is 1.42 bits per heavy atom. The molecule has 0 aliphatic heterocycles. The van der Waals surface area contributed by atoms with Gasteiger partial charge in [0, 0.05) is 6.20 Å². The number of aryl methyl sites for hydroxylation is 1. The standard InChI is InChI=1S/C6H9N3O2S/c7-12(10,11)4-2-6-1-3-8-9-5-6/h1,3,5H,2,4H2,(H2,7,10,11). The number of hydrogen-bond acceptors (Lipinski definition) is 4. The Morgan fingerprint density at radius 3 is 2.67 bits per heavy atom. The van der Waals surface area contributed by atoms with E-state index in [1.165, 1.54) is 12.4 Å². The van der Waals surface area contributed by atoms with Gasteiger partial charge in [0.2, 0.25) is 10.0 Å². The van der Waals surface area contributed by atoms with E-state index < -0.39 is 10.0 Å². The van der Waals surface area contributed by atoms with Crippen molar-refractivity contribution in [3.05, 3.63) is 24.0 Å². The highest BCUT2D eigenvalue weighted by Crippen LogP contribution is 1.96. The number of sulfonamides is 1. The zero-order chi connectivity index (χ0) is 9.03. The molecule has 1 heterocycles. The van der Waals surface area contributed by atoms with Gasteiger partial charge in [0.1, 0.15) is 0 Å². The minimum absolute atomic E-state index is 0.0569. The third-order valence-corrected chi connectivity index (χ3v) is 2.09. The average Bonchev–Trinajstić information content (AvgIpc) is 2.02. The van der Waals surface area contributed by atoms with Gasteiger partial charge in [0.05, 0.1) is 11.9 Å². The minimum Gasteiger partial charge on any atom is -0.229 e. The SMILES string of the molecule is NS(=O)(=O)CCc1ccnnc1. The van der Waals surface area contributed by atoms with Gasteiger partial charge in [-0.05, 0) is 18.1 Å². The van der Waals surface area contributed by atoms with Crippen LogP contribution in [-0.2, 0) is 16.4 Å². The van der Waals surface area contributed by atoms with E-state index in [0.29, 0.717) is 6.42 Å². The zero-order valence-electron chi connectivity index (χ0n) is 6.34. The van der Waals surface area contributed by atoms with Gasteiger partial charge in [-0.2, -0.15) is 10.2 Å². The fourth-order valence-corrected chi connectivity index (χ4v) is 1.25. The van der Waals surface area contributed by atoms with Gasteiger partial charge in [-0.3, -0.25) is 0 Å². The van der Waals surface area contributed by atoms with Crippen LogP contribution in [0.2, 0.25) is 0 Å². The average molecular weight is 187 g/mol. The second-order valence-corrected chi connectivity index (χ2v) is 4.10. The third-order valence-electron chi connectivity index (χ3n) is 1.32. The number of primary sulfonamides is 1. The third kappa shape index (κ3) is 3.40. The van der Waals surface area contributed by atoms with E-state index in [1.54, 1.807) is 6.07 Å². The van der Waals surface area contributed by atoms with Crippen molar-refractivity contribution in [3.63, 3.8) is 0 Å². The van der Waals surface area contributed by atoms with Crippen LogP contribution in [0.3, 0.4) is 0 Å². The first-order valence-corrected chi connectivity index (χ1v) is 5.05. The highest BCUT2D eigenvalue weighted by molar-refractivity contribution is 7.89. The van der Waals surface area contributed by atoms with Crippen molar-refractivity contribution in [1.29, 1.82) is 0 Å². The van der Waals surface area contributed by atoms with Gasteiger partial charge in [-0.25, -0.2) is 13.6 Å². The van der Waals surface area contributed by atoms with Gasteiger partial charge < -0.3 is 0 Å². The summed E-state index contributed by atoms with van der Waals surface area (Å²) in [5.41, 5.74) is 0.819. The molecule has 0 radical (unpaired) electrons. The summed E-state index contributed by atoms with van der Waals surface area (Å²) in [5.74, 6) is -0.0569. The van der Waals surface area contributed by atoms with Crippen LogP contribution in [0, 0.1) is 0 Å². The van der Waals surface area contributed by atoms with Crippen molar-refractivity contribution in [2.75, 3.05) is 5.75 Å². The summed E-state index contributed by atoms with van der Waals surface area (Å²) in [6.45, 7) is 0. The Labute approximate surface area is 70.7 Å². The molecular weight excluding hydrogens is 178 g/mol. The molecule has 1 aromatic heterocycles. The fraction of sp³-hybridized carbons (Fsp3) is 0.333. The lowest BCUT2D eigenvalue weighted by atomic mass is 10.2. The molecule has 0 fully saturated rings. The molecule has 0 amide bonds. The molecule has 1 aromatic rings. The van der Waals surface area contributed by atoms with Crippen molar-refractivity contribution in [1.82, 2.24) is 10.2 Å². The molecule has 1 rings (SSSR count). The Hall–Kier alpha value is -1.01. The maximum atomic E-state index is 10.5. The maximum Gasteiger partial charge on any atom is 0.209 e. The molecular formula is C6H9N3O2S. The Bertz CT molecular complexity index is 335. The van der Waals surface area contributed by atoms with Crippen molar-refractivity contribution in [2.24, 2.45) is 5.14 Å². The molecule has 0 atom stereocenters. The molecule has 2 N–H and O–H groups in total. The summed E-state index contributed by atoms with van der Waals surface area (Å²) in [6, 6.07) is 1.71. The lowest BCUT2D eigenvalue weighted by molar-refractivity contribution is 0.597. The Balaban J connectivity index is 2.56. The number of aromatic nitrogens is 2. The zero-order valence-corrected chi connectivity index (χ0v) is 7.16. The lowest BCUT2D eigenvalue weighted by Crippen LogP contribution is -2.17. The van der Waals surface area contributed by atoms with E-state index in [-0.39, 0.29) is 5.75 Å². The molecule has 12 heavy (non-hydrogen) atoms. The van der Waals surface area contributed by atoms with Crippen molar-refractivity contribution in [2.45, 2.75) is 6.42 Å². The lowest BCUT2D eigenvalue weighted by Gasteiger charge is -1.96. The fourth-order valence-electron chi connectivity index (χ4n) is 0.726. The van der Waals surface area contributed by atoms with Crippen molar-refractivity contribution < 1.29 is 8.42 Å². The van der Waals surface area contributed by atoms with E-state index in [1.807, 2.05) is 0 Å². The summed E-state index contributed by atoms with van der Waals surface area (Å²) < 4.78 is 21.1. The van der Waals surface area contributed by atoms with Gasteiger partial charge in [0.15, 0.2) is 0 Å². The second-order valence-electron chi connectivity index (χ2n) is 2.37. The number of hydrogen-bond donors (Lipinski definition) is 1. The topological polar surface area (TPSA) is 85.9 Å². The molecule has 0 aromatic carbocycles. The van der Waals surface area contributed by atoms with Crippen LogP contribution in [0.1, 0.15) is 5.56 Å². The van der Waals surface area contributed by atoms with E-state index in [2.05, 4.69) is 10.2 Å². The second kappa shape index (κ2) is 3.59. The van der Waals surface area contributed by atoms with E-state index in [9.17, 15) is 8.42 Å². The largest absolute Gasteiger partial charge is 0.229 e. The molecule has 0 saturated heterocycles. The quantitative estimate of drug-likeness (QED) is 0.678. The number of rotatable bonds is 3. The molecule has 0 aliphatic carbocycles. The summed E-state index contributed by atoms with van der Waals surface area (Å²) in [4.78, 5) is 0. The molecule has 0 aliphatic rings. The van der Waals surface area contributed by atoms with Crippen LogP contribution in [0.5, 0.6) is 0 Å². The molecule has 0 unspecified atom stereocenters. The van der Waals surface area contributed by atoms with E-state index in [4.69, 9.17) is 5.14 Å². The first-order valence-electron chi connectivity index (χ1n) is 3.34. The van der Waals surface area contributed by atoms with Gasteiger partial charge in [-0.1, -0.05) is 0 Å². The predicted molar refractivity (Wildman–Crippen MR) is 43.7 cm³/mol. The normalized spacial score (nSPS) is 11.4. The van der Waals surface area contributed by atoms with Crippen LogP contribution in [0.25, 0.3) is 0 Å². The summed E-state index contributed by atoms with van der Waals surface area (Å²) in [5, 5.41) is 12.0. The Kier molecular flexibility index (Phi) is 2.72. The maximum absolute atomic E-state index is 10.5. The molecule has 0 saturated carbocycles. The van der Waals surface area contributed by atoms with E-state index in [0.717, 1.165) is 5.56 Å². The van der Waals surface area contributed by atoms with E-state index >= 15 is 0 Å². The van der Waals surface area contributed by atoms with Crippen LogP contribution >= 0.6 is 0 Å². The summed E-state index contributed by atoms with van der Waals surface area (Å²) in [6.07, 6.45) is 3.41. The van der Waals surface area contributed by atoms with Crippen LogP contribution in [0.15, 0.2) is 18.5 Å². The highest BCUT2D eigenvalue weighted by atomic mass is 32.2. The molecule has 5 nitrogen and oxygen atoms in total. The summed E-state index contributed by atoms with van der Waals surface area (Å²) in [7, 11) is -3.37. The molecule has 0 spiro atoms. The van der Waals surface area contributed by atoms with Crippen LogP contribution < -0.4 is 5.14 Å². The molecule has 6 heteroatoms. The number of nitrogens with zero attached hydrogens (tertiary/aromatic N) is 2. The predicted octanol–water partition coefficient (Wildman–Crippen LogP) is -0.692. The Morgan fingerprint density at radius 2 is 2.17 bits per heavy atom. The van der Waals surface area contributed by atoms with Crippen molar-refractivity contribution in [3.8, 4) is 0 Å². The number of nitrogens with two attached hydrogens (primary N) is 1. The first-order chi connectivity index (χ1) is 5.58. The molecule has 0 bridgehead atoms. The smallest absolute Gasteiger partial charge is 0.209 e.